The molecule has 1 aliphatic carbocycles. The SMILES string of the molecule is CCn1c(SCc2cc3c(cc2Cl)OCO3)nnc1-c1c2c(nc3ccccc13)CCC2. The molecule has 0 saturated heterocycles. The lowest BCUT2D eigenvalue weighted by Crippen LogP contribution is -2.03. The number of pyridine rings is 1. The Morgan fingerprint density at radius 1 is 1.09 bits per heavy atom. The Morgan fingerprint density at radius 3 is 2.81 bits per heavy atom. The summed E-state index contributed by atoms with van der Waals surface area (Å²) in [7, 11) is 0. The van der Waals surface area contributed by atoms with Crippen LogP contribution in [0.2, 0.25) is 5.02 Å². The van der Waals surface area contributed by atoms with Crippen LogP contribution in [0.1, 0.15) is 30.2 Å². The summed E-state index contributed by atoms with van der Waals surface area (Å²) in [6.45, 7) is 3.15. The summed E-state index contributed by atoms with van der Waals surface area (Å²) in [4.78, 5) is 4.92. The number of para-hydroxylation sites is 1. The van der Waals surface area contributed by atoms with Gasteiger partial charge in [-0.1, -0.05) is 41.6 Å². The smallest absolute Gasteiger partial charge is 0.231 e. The third-order valence-electron chi connectivity index (χ3n) is 6.07. The molecule has 2 aromatic heterocycles. The van der Waals surface area contributed by atoms with Crippen molar-refractivity contribution in [3.63, 3.8) is 0 Å². The number of aromatic nitrogens is 4. The summed E-state index contributed by atoms with van der Waals surface area (Å²) in [6, 6.07) is 12.1. The van der Waals surface area contributed by atoms with E-state index in [1.807, 2.05) is 18.2 Å². The molecule has 32 heavy (non-hydrogen) atoms. The van der Waals surface area contributed by atoms with Crippen molar-refractivity contribution in [2.24, 2.45) is 0 Å². The molecule has 2 aliphatic rings. The monoisotopic (exact) mass is 464 g/mol. The molecule has 162 valence electrons. The van der Waals surface area contributed by atoms with Crippen LogP contribution >= 0.6 is 23.4 Å². The maximum absolute atomic E-state index is 6.48. The molecule has 0 fully saturated rings. The van der Waals surface area contributed by atoms with Crippen LogP contribution in [0.25, 0.3) is 22.3 Å². The quantitative estimate of drug-likeness (QED) is 0.354. The second-order valence-electron chi connectivity index (χ2n) is 7.92. The third-order valence-corrected chi connectivity index (χ3v) is 7.44. The van der Waals surface area contributed by atoms with Crippen LogP contribution in [0, 0.1) is 0 Å². The maximum Gasteiger partial charge on any atom is 0.231 e. The summed E-state index contributed by atoms with van der Waals surface area (Å²) >= 11 is 8.11. The van der Waals surface area contributed by atoms with E-state index in [0.717, 1.165) is 59.0 Å². The summed E-state index contributed by atoms with van der Waals surface area (Å²) in [5.74, 6) is 3.02. The lowest BCUT2D eigenvalue weighted by molar-refractivity contribution is 0.174. The van der Waals surface area contributed by atoms with Crippen LogP contribution in [0.5, 0.6) is 11.5 Å². The zero-order chi connectivity index (χ0) is 21.7. The van der Waals surface area contributed by atoms with Gasteiger partial charge >= 0.3 is 0 Å². The third kappa shape index (κ3) is 3.22. The van der Waals surface area contributed by atoms with Gasteiger partial charge in [0, 0.05) is 40.0 Å². The van der Waals surface area contributed by atoms with Crippen LogP contribution in [0.3, 0.4) is 0 Å². The zero-order valence-electron chi connectivity index (χ0n) is 17.6. The van der Waals surface area contributed by atoms with Gasteiger partial charge in [0.05, 0.1) is 5.52 Å². The second-order valence-corrected chi connectivity index (χ2v) is 9.27. The molecule has 0 saturated carbocycles. The summed E-state index contributed by atoms with van der Waals surface area (Å²) in [6.07, 6.45) is 3.20. The molecule has 0 bridgehead atoms. The fraction of sp³-hybridized carbons (Fsp3) is 0.292. The minimum Gasteiger partial charge on any atom is -0.454 e. The predicted octanol–water partition coefficient (Wildman–Crippen LogP) is 5.68. The molecule has 0 unspecified atom stereocenters. The topological polar surface area (TPSA) is 62.1 Å². The molecule has 4 aromatic rings. The second kappa shape index (κ2) is 7.98. The van der Waals surface area contributed by atoms with Gasteiger partial charge in [0.1, 0.15) is 0 Å². The van der Waals surface area contributed by atoms with Crippen LogP contribution in [-0.4, -0.2) is 26.5 Å². The molecular formula is C24H21ClN4O2S. The highest BCUT2D eigenvalue weighted by Crippen LogP contribution is 2.40. The Labute approximate surface area is 194 Å². The van der Waals surface area contributed by atoms with E-state index in [4.69, 9.17) is 26.1 Å². The minimum atomic E-state index is 0.236. The molecule has 3 heterocycles. The van der Waals surface area contributed by atoms with Gasteiger partial charge in [-0.05, 0) is 49.4 Å². The van der Waals surface area contributed by atoms with Crippen molar-refractivity contribution < 1.29 is 9.47 Å². The van der Waals surface area contributed by atoms with Crippen LogP contribution in [-0.2, 0) is 25.1 Å². The zero-order valence-corrected chi connectivity index (χ0v) is 19.2. The minimum absolute atomic E-state index is 0.236. The first-order chi connectivity index (χ1) is 15.7. The number of ether oxygens (including phenoxy) is 2. The Hall–Kier alpha value is -2.77. The fourth-order valence-electron chi connectivity index (χ4n) is 4.54. The molecule has 0 spiro atoms. The van der Waals surface area contributed by atoms with Gasteiger partial charge in [0.15, 0.2) is 22.5 Å². The maximum atomic E-state index is 6.48. The average Bonchev–Trinajstić information content (AvgIpc) is 3.54. The van der Waals surface area contributed by atoms with E-state index in [0.29, 0.717) is 16.5 Å². The van der Waals surface area contributed by atoms with Gasteiger partial charge in [-0.2, -0.15) is 0 Å². The van der Waals surface area contributed by atoms with Gasteiger partial charge in [0.2, 0.25) is 6.79 Å². The van der Waals surface area contributed by atoms with Crippen molar-refractivity contribution in [3.05, 3.63) is 58.2 Å². The number of benzene rings is 2. The highest BCUT2D eigenvalue weighted by molar-refractivity contribution is 7.98. The number of fused-ring (bicyclic) bond motifs is 3. The Balaban J connectivity index is 1.39. The van der Waals surface area contributed by atoms with Gasteiger partial charge in [-0.15, -0.1) is 10.2 Å². The first-order valence-corrected chi connectivity index (χ1v) is 12.1. The van der Waals surface area contributed by atoms with Gasteiger partial charge in [0.25, 0.3) is 0 Å². The van der Waals surface area contributed by atoms with E-state index >= 15 is 0 Å². The van der Waals surface area contributed by atoms with Crippen LogP contribution in [0.4, 0.5) is 0 Å². The molecule has 1 aliphatic heterocycles. The van der Waals surface area contributed by atoms with E-state index in [1.54, 1.807) is 11.8 Å². The lowest BCUT2D eigenvalue weighted by atomic mass is 10.0. The lowest BCUT2D eigenvalue weighted by Gasteiger charge is -2.14. The predicted molar refractivity (Wildman–Crippen MR) is 126 cm³/mol. The number of nitrogens with zero attached hydrogens (tertiary/aromatic N) is 4. The normalized spacial score (nSPS) is 14.3. The number of hydrogen-bond donors (Lipinski definition) is 0. The van der Waals surface area contributed by atoms with Gasteiger partial charge in [-0.25, -0.2) is 0 Å². The molecule has 0 amide bonds. The fourth-order valence-corrected chi connectivity index (χ4v) is 5.84. The first kappa shape index (κ1) is 19.9. The molecule has 8 heteroatoms. The van der Waals surface area contributed by atoms with Crippen molar-refractivity contribution in [1.29, 1.82) is 0 Å². The number of aryl methyl sites for hydroxylation is 1. The van der Waals surface area contributed by atoms with Crippen molar-refractivity contribution in [1.82, 2.24) is 19.7 Å². The van der Waals surface area contributed by atoms with Crippen LogP contribution in [0.15, 0.2) is 41.6 Å². The van der Waals surface area contributed by atoms with E-state index < -0.39 is 0 Å². The molecule has 0 N–H and O–H groups in total. The van der Waals surface area contributed by atoms with Crippen molar-refractivity contribution in [2.45, 2.75) is 43.6 Å². The standard InChI is InChI=1S/C24H21ClN4O2S/c1-2-29-23(22-15-6-3-4-8-18(15)26-19-9-5-7-16(19)22)27-28-24(29)32-12-14-10-20-21(11-17(14)25)31-13-30-20/h3-4,6,8,10-11H,2,5,7,9,12-13H2,1H3. The summed E-state index contributed by atoms with van der Waals surface area (Å²) < 4.78 is 13.1. The van der Waals surface area contributed by atoms with E-state index in [1.165, 1.54) is 16.8 Å². The molecule has 0 atom stereocenters. The molecule has 6 nitrogen and oxygen atoms in total. The highest BCUT2D eigenvalue weighted by Gasteiger charge is 2.25. The average molecular weight is 465 g/mol. The van der Waals surface area contributed by atoms with Crippen molar-refractivity contribution >= 4 is 34.3 Å². The molecule has 6 rings (SSSR count). The van der Waals surface area contributed by atoms with E-state index in [2.05, 4.69) is 39.9 Å². The van der Waals surface area contributed by atoms with Gasteiger partial charge in [-0.3, -0.25) is 4.98 Å². The number of thioether (sulfide) groups is 1. The summed E-state index contributed by atoms with van der Waals surface area (Å²) in [5.41, 5.74) is 5.72. The largest absolute Gasteiger partial charge is 0.454 e. The molecule has 2 aromatic carbocycles. The van der Waals surface area contributed by atoms with Crippen molar-refractivity contribution in [3.8, 4) is 22.9 Å². The number of halogens is 1. The number of rotatable bonds is 5. The van der Waals surface area contributed by atoms with Gasteiger partial charge < -0.3 is 14.0 Å². The highest BCUT2D eigenvalue weighted by atomic mass is 35.5. The summed E-state index contributed by atoms with van der Waals surface area (Å²) in [5, 5.41) is 11.9. The first-order valence-electron chi connectivity index (χ1n) is 10.8. The molecule has 0 radical (unpaired) electrons. The number of hydrogen-bond acceptors (Lipinski definition) is 6. The Morgan fingerprint density at radius 2 is 1.94 bits per heavy atom. The van der Waals surface area contributed by atoms with Crippen LogP contribution < -0.4 is 9.47 Å². The van der Waals surface area contributed by atoms with E-state index in [9.17, 15) is 0 Å². The Bertz CT molecular complexity index is 1350. The van der Waals surface area contributed by atoms with E-state index in [-0.39, 0.29) is 6.79 Å². The molecular weight excluding hydrogens is 444 g/mol. The van der Waals surface area contributed by atoms with Crippen molar-refractivity contribution in [2.75, 3.05) is 6.79 Å². The Kier molecular flexibility index (Phi) is 4.96.